The molecule has 0 aliphatic carbocycles. The lowest BCUT2D eigenvalue weighted by molar-refractivity contribution is 0.280. The van der Waals surface area contributed by atoms with Crippen molar-refractivity contribution in [2.45, 2.75) is 57.8 Å². The zero-order valence-electron chi connectivity index (χ0n) is 13.0. The molecule has 2 N–H and O–H groups in total. The molecular weight excluding hydrogens is 290 g/mol. The molecule has 1 aromatic carbocycles. The summed E-state index contributed by atoms with van der Waals surface area (Å²) in [5.41, 5.74) is 0. The van der Waals surface area contributed by atoms with E-state index in [4.69, 9.17) is 14.9 Å². The molecule has 0 atom stereocenters. The van der Waals surface area contributed by atoms with Gasteiger partial charge < -0.3 is 14.9 Å². The molecular formula is C17H26F2O3. The molecule has 0 bridgehead atoms. The maximum absolute atomic E-state index is 13.4. The molecule has 0 amide bonds. The third-order valence-electron chi connectivity index (χ3n) is 3.59. The summed E-state index contributed by atoms with van der Waals surface area (Å²) in [7, 11) is 0. The minimum atomic E-state index is -1.27. The minimum absolute atomic E-state index is 0.154. The fourth-order valence-corrected chi connectivity index (χ4v) is 2.27. The second-order valence-electron chi connectivity index (χ2n) is 5.46. The van der Waals surface area contributed by atoms with Crippen LogP contribution in [-0.2, 0) is 0 Å². The maximum atomic E-state index is 13.4. The van der Waals surface area contributed by atoms with Gasteiger partial charge >= 0.3 is 0 Å². The number of aliphatic hydroxyl groups is 1. The van der Waals surface area contributed by atoms with E-state index in [1.165, 1.54) is 31.7 Å². The first kappa shape index (κ1) is 18.7. The molecule has 126 valence electrons. The van der Waals surface area contributed by atoms with Gasteiger partial charge in [0.05, 0.1) is 6.61 Å². The van der Waals surface area contributed by atoms with Crippen molar-refractivity contribution in [1.82, 2.24) is 0 Å². The topological polar surface area (TPSA) is 49.7 Å². The Labute approximate surface area is 130 Å². The first-order valence-electron chi connectivity index (χ1n) is 8.07. The van der Waals surface area contributed by atoms with Crippen LogP contribution in [0.15, 0.2) is 12.1 Å². The normalized spacial score (nSPS) is 10.9. The summed E-state index contributed by atoms with van der Waals surface area (Å²) in [6.45, 7) is 0.628. The highest BCUT2D eigenvalue weighted by molar-refractivity contribution is 5.33. The Morgan fingerprint density at radius 3 is 1.91 bits per heavy atom. The molecule has 0 fully saturated rings. The Kier molecular flexibility index (Phi) is 9.55. The number of aliphatic hydroxyl groups excluding tert-OH is 1. The van der Waals surface area contributed by atoms with E-state index in [1.807, 2.05) is 0 Å². The van der Waals surface area contributed by atoms with E-state index in [1.54, 1.807) is 0 Å². The van der Waals surface area contributed by atoms with Crippen molar-refractivity contribution in [3.05, 3.63) is 23.8 Å². The molecule has 3 nitrogen and oxygen atoms in total. The number of hydrogen-bond donors (Lipinski definition) is 2. The van der Waals surface area contributed by atoms with Crippen LogP contribution in [0.4, 0.5) is 8.78 Å². The third kappa shape index (κ3) is 7.07. The van der Waals surface area contributed by atoms with Gasteiger partial charge in [-0.1, -0.05) is 44.9 Å². The number of rotatable bonds is 12. The van der Waals surface area contributed by atoms with Crippen molar-refractivity contribution < 1.29 is 23.7 Å². The highest BCUT2D eigenvalue weighted by atomic mass is 19.2. The van der Waals surface area contributed by atoms with Gasteiger partial charge in [-0.2, -0.15) is 8.78 Å². The van der Waals surface area contributed by atoms with Crippen LogP contribution >= 0.6 is 0 Å². The number of benzene rings is 1. The summed E-state index contributed by atoms with van der Waals surface area (Å²) in [5, 5.41) is 17.7. The number of unbranched alkanes of at least 4 members (excludes halogenated alkanes) is 8. The van der Waals surface area contributed by atoms with Gasteiger partial charge in [-0.05, 0) is 25.0 Å². The number of aromatic hydroxyl groups is 1. The molecule has 0 aliphatic rings. The number of ether oxygens (including phenoxy) is 1. The maximum Gasteiger partial charge on any atom is 0.204 e. The van der Waals surface area contributed by atoms with Crippen LogP contribution in [0.25, 0.3) is 0 Å². The second-order valence-corrected chi connectivity index (χ2v) is 5.46. The average molecular weight is 316 g/mol. The third-order valence-corrected chi connectivity index (χ3v) is 3.59. The lowest BCUT2D eigenvalue weighted by atomic mass is 10.1. The summed E-state index contributed by atoms with van der Waals surface area (Å²) in [5.74, 6) is -3.26. The average Bonchev–Trinajstić information content (AvgIpc) is 2.52. The van der Waals surface area contributed by atoms with Crippen LogP contribution in [0.3, 0.4) is 0 Å². The molecule has 0 spiro atoms. The first-order chi connectivity index (χ1) is 10.7. The van der Waals surface area contributed by atoms with Crippen LogP contribution in [0, 0.1) is 11.6 Å². The van der Waals surface area contributed by atoms with E-state index in [9.17, 15) is 8.78 Å². The molecule has 0 aromatic heterocycles. The van der Waals surface area contributed by atoms with Crippen LogP contribution in [0.5, 0.6) is 11.5 Å². The van der Waals surface area contributed by atoms with Gasteiger partial charge in [0.15, 0.2) is 11.5 Å². The van der Waals surface area contributed by atoms with Crippen LogP contribution < -0.4 is 4.74 Å². The lowest BCUT2D eigenvalue weighted by Crippen LogP contribution is -2.00. The summed E-state index contributed by atoms with van der Waals surface area (Å²) in [4.78, 5) is 0. The van der Waals surface area contributed by atoms with E-state index in [2.05, 4.69) is 0 Å². The zero-order valence-corrected chi connectivity index (χ0v) is 13.0. The van der Waals surface area contributed by atoms with Crippen molar-refractivity contribution in [3.63, 3.8) is 0 Å². The number of halogens is 2. The van der Waals surface area contributed by atoms with Gasteiger partial charge in [0.2, 0.25) is 11.6 Å². The molecule has 0 radical (unpaired) electrons. The number of phenolic OH excluding ortho intramolecular Hbond substituents is 1. The van der Waals surface area contributed by atoms with Crippen molar-refractivity contribution in [2.75, 3.05) is 13.2 Å². The molecule has 22 heavy (non-hydrogen) atoms. The van der Waals surface area contributed by atoms with E-state index < -0.39 is 17.4 Å². The van der Waals surface area contributed by atoms with Crippen molar-refractivity contribution in [2.24, 2.45) is 0 Å². The summed E-state index contributed by atoms with van der Waals surface area (Å²) in [6, 6.07) is 2.32. The van der Waals surface area contributed by atoms with Crippen molar-refractivity contribution >= 4 is 0 Å². The van der Waals surface area contributed by atoms with E-state index in [-0.39, 0.29) is 12.4 Å². The molecule has 1 aromatic rings. The SMILES string of the molecule is OCCCCCCCCCCCOc1ccc(O)c(F)c1F. The van der Waals surface area contributed by atoms with Gasteiger partial charge in [0.1, 0.15) is 0 Å². The standard InChI is InChI=1S/C17H26F2O3/c18-16-14(21)10-11-15(17(16)19)22-13-9-7-5-3-1-2-4-6-8-12-20/h10-11,20-21H,1-9,12-13H2. The molecule has 0 saturated carbocycles. The fraction of sp³-hybridized carbons (Fsp3) is 0.647. The fourth-order valence-electron chi connectivity index (χ4n) is 2.27. The van der Waals surface area contributed by atoms with Crippen LogP contribution in [-0.4, -0.2) is 23.4 Å². The van der Waals surface area contributed by atoms with Crippen molar-refractivity contribution in [1.29, 1.82) is 0 Å². The Morgan fingerprint density at radius 2 is 1.32 bits per heavy atom. The monoisotopic (exact) mass is 316 g/mol. The molecule has 0 heterocycles. The Morgan fingerprint density at radius 1 is 0.773 bits per heavy atom. The highest BCUT2D eigenvalue weighted by Gasteiger charge is 2.13. The van der Waals surface area contributed by atoms with Gasteiger partial charge in [-0.25, -0.2) is 0 Å². The molecule has 5 heteroatoms. The minimum Gasteiger partial charge on any atom is -0.505 e. The van der Waals surface area contributed by atoms with E-state index in [0.29, 0.717) is 6.61 Å². The summed E-state index contributed by atoms with van der Waals surface area (Å²) < 4.78 is 31.7. The predicted molar refractivity (Wildman–Crippen MR) is 82.2 cm³/mol. The van der Waals surface area contributed by atoms with Crippen LogP contribution in [0.1, 0.15) is 57.8 Å². The van der Waals surface area contributed by atoms with Gasteiger partial charge in [-0.3, -0.25) is 0 Å². The van der Waals surface area contributed by atoms with E-state index >= 15 is 0 Å². The smallest absolute Gasteiger partial charge is 0.204 e. The van der Waals surface area contributed by atoms with Crippen LogP contribution in [0.2, 0.25) is 0 Å². The summed E-state index contributed by atoms with van der Waals surface area (Å²) in [6.07, 6.45) is 9.64. The second kappa shape index (κ2) is 11.2. The quantitative estimate of drug-likeness (QED) is 0.556. The molecule has 0 unspecified atom stereocenters. The number of hydrogen-bond acceptors (Lipinski definition) is 3. The molecule has 0 aliphatic heterocycles. The van der Waals surface area contributed by atoms with Crippen molar-refractivity contribution in [3.8, 4) is 11.5 Å². The van der Waals surface area contributed by atoms with Gasteiger partial charge in [0.25, 0.3) is 0 Å². The first-order valence-corrected chi connectivity index (χ1v) is 8.07. The zero-order chi connectivity index (χ0) is 16.2. The summed E-state index contributed by atoms with van der Waals surface area (Å²) >= 11 is 0. The lowest BCUT2D eigenvalue weighted by Gasteiger charge is -2.08. The Bertz CT molecular complexity index is 425. The van der Waals surface area contributed by atoms with E-state index in [0.717, 1.165) is 38.2 Å². The highest BCUT2D eigenvalue weighted by Crippen LogP contribution is 2.26. The van der Waals surface area contributed by atoms with Gasteiger partial charge in [-0.15, -0.1) is 0 Å². The number of phenols is 1. The molecule has 0 saturated heterocycles. The molecule has 1 rings (SSSR count). The Hall–Kier alpha value is -1.36. The Balaban J connectivity index is 2.01. The largest absolute Gasteiger partial charge is 0.505 e. The van der Waals surface area contributed by atoms with Gasteiger partial charge in [0, 0.05) is 6.61 Å². The predicted octanol–water partition coefficient (Wildman–Crippen LogP) is 4.55.